The fraction of sp³-hybridized carbons (Fsp3) is 0.321. The fourth-order valence-corrected chi connectivity index (χ4v) is 5.31. The van der Waals surface area contributed by atoms with Crippen molar-refractivity contribution in [3.05, 3.63) is 82.3 Å². The van der Waals surface area contributed by atoms with Gasteiger partial charge < -0.3 is 10.6 Å². The van der Waals surface area contributed by atoms with E-state index in [4.69, 9.17) is 0 Å². The van der Waals surface area contributed by atoms with Gasteiger partial charge in [0.05, 0.1) is 6.42 Å². The third-order valence-corrected chi connectivity index (χ3v) is 7.17. The van der Waals surface area contributed by atoms with Crippen LogP contribution in [-0.2, 0) is 20.8 Å². The minimum Gasteiger partial charge on any atom is -0.351 e. The summed E-state index contributed by atoms with van der Waals surface area (Å²) in [5, 5.41) is 7.68. The molecule has 0 unspecified atom stereocenters. The maximum Gasteiger partial charge on any atom is 0.248 e. The van der Waals surface area contributed by atoms with Gasteiger partial charge in [0.1, 0.15) is 11.9 Å². The number of hydrogen-bond donors (Lipinski definition) is 2. The Hall–Kier alpha value is -3.52. The number of carbonyl (C=O) groups is 3. The second-order valence-corrected chi connectivity index (χ2v) is 10.0. The molecule has 188 valence electrons. The van der Waals surface area contributed by atoms with Crippen LogP contribution in [0.1, 0.15) is 55.5 Å². The minimum atomic E-state index is -1.19. The summed E-state index contributed by atoms with van der Waals surface area (Å²) < 4.78 is 15.1. The highest BCUT2D eigenvalue weighted by atomic mass is 32.1. The number of carbonyl (C=O) groups excluding carboxylic acids is 3. The van der Waals surface area contributed by atoms with E-state index < -0.39 is 17.8 Å². The van der Waals surface area contributed by atoms with Crippen molar-refractivity contribution in [2.45, 2.75) is 57.5 Å². The minimum absolute atomic E-state index is 0.00286. The zero-order chi connectivity index (χ0) is 25.5. The highest BCUT2D eigenvalue weighted by Gasteiger charge is 2.35. The lowest BCUT2D eigenvalue weighted by Gasteiger charge is -2.33. The van der Waals surface area contributed by atoms with Crippen LogP contribution in [0.3, 0.4) is 0 Å². The van der Waals surface area contributed by atoms with Crippen molar-refractivity contribution in [3.8, 4) is 0 Å². The van der Waals surface area contributed by atoms with Crippen LogP contribution >= 0.6 is 11.3 Å². The van der Waals surface area contributed by atoms with E-state index in [2.05, 4.69) is 10.6 Å². The van der Waals surface area contributed by atoms with Crippen LogP contribution in [-0.4, -0.2) is 23.8 Å². The molecule has 2 aromatic carbocycles. The first-order valence-electron chi connectivity index (χ1n) is 12.2. The Labute approximate surface area is 214 Å². The van der Waals surface area contributed by atoms with Gasteiger partial charge in [-0.1, -0.05) is 43.5 Å². The SMILES string of the molecule is CC(=O)Nc1ccc(N(C(=O)Cc2cccs2)[C@@H](C(=O)NC2CCCCC2)c2ccccc2F)cc1. The Bertz CT molecular complexity index is 1190. The monoisotopic (exact) mass is 507 g/mol. The first kappa shape index (κ1) is 25.6. The van der Waals surface area contributed by atoms with Gasteiger partial charge in [-0.3, -0.25) is 19.3 Å². The number of thiophene rings is 1. The second kappa shape index (κ2) is 11.9. The average molecular weight is 508 g/mol. The molecule has 4 rings (SSSR count). The van der Waals surface area contributed by atoms with Crippen LogP contribution in [0, 0.1) is 5.82 Å². The van der Waals surface area contributed by atoms with E-state index in [1.807, 2.05) is 17.5 Å². The lowest BCUT2D eigenvalue weighted by atomic mass is 9.94. The standard InChI is InChI=1S/C28H30FN3O3S/c1-19(33)30-21-13-15-22(16-14-21)32(26(34)18-23-10-7-17-36-23)27(24-11-5-6-12-25(24)29)28(35)31-20-8-3-2-4-9-20/h5-7,10-17,20,27H,2-4,8-9,18H2,1H3,(H,30,33)(H,31,35)/t27-/m1/s1. The number of amides is 3. The largest absolute Gasteiger partial charge is 0.351 e. The van der Waals surface area contributed by atoms with Gasteiger partial charge >= 0.3 is 0 Å². The van der Waals surface area contributed by atoms with E-state index in [1.54, 1.807) is 42.5 Å². The van der Waals surface area contributed by atoms with Crippen molar-refractivity contribution in [1.29, 1.82) is 0 Å². The first-order chi connectivity index (χ1) is 17.4. The van der Waals surface area contributed by atoms with E-state index in [0.717, 1.165) is 37.0 Å². The molecule has 0 radical (unpaired) electrons. The quantitative estimate of drug-likeness (QED) is 0.416. The maximum atomic E-state index is 15.1. The predicted octanol–water partition coefficient (Wildman–Crippen LogP) is 5.61. The molecule has 6 nitrogen and oxygen atoms in total. The number of nitrogens with one attached hydrogen (secondary N) is 2. The third kappa shape index (κ3) is 6.37. The number of halogens is 1. The molecule has 1 aliphatic carbocycles. The molecule has 2 N–H and O–H groups in total. The highest BCUT2D eigenvalue weighted by Crippen LogP contribution is 2.32. The topological polar surface area (TPSA) is 78.5 Å². The van der Waals surface area contributed by atoms with Crippen molar-refractivity contribution < 1.29 is 18.8 Å². The maximum absolute atomic E-state index is 15.1. The Kier molecular flexibility index (Phi) is 8.48. The summed E-state index contributed by atoms with van der Waals surface area (Å²) in [4.78, 5) is 41.2. The molecule has 3 aromatic rings. The van der Waals surface area contributed by atoms with Crippen molar-refractivity contribution in [3.63, 3.8) is 0 Å². The summed E-state index contributed by atoms with van der Waals surface area (Å²) in [5.74, 6) is -1.50. The fourth-order valence-electron chi connectivity index (χ4n) is 4.61. The van der Waals surface area contributed by atoms with E-state index in [0.29, 0.717) is 11.4 Å². The number of rotatable bonds is 8. The lowest BCUT2D eigenvalue weighted by molar-refractivity contribution is -0.127. The van der Waals surface area contributed by atoms with Gasteiger partial charge in [0.25, 0.3) is 0 Å². The molecule has 3 amide bonds. The molecule has 1 aromatic heterocycles. The van der Waals surface area contributed by atoms with Crippen LogP contribution in [0.15, 0.2) is 66.0 Å². The molecular formula is C28H30FN3O3S. The Morgan fingerprint density at radius 3 is 2.36 bits per heavy atom. The molecule has 36 heavy (non-hydrogen) atoms. The summed E-state index contributed by atoms with van der Waals surface area (Å²) in [6.07, 6.45) is 5.00. The molecule has 1 aliphatic rings. The van der Waals surface area contributed by atoms with Gasteiger partial charge in [0, 0.05) is 34.8 Å². The summed E-state index contributed by atoms with van der Waals surface area (Å²) in [6.45, 7) is 1.41. The summed E-state index contributed by atoms with van der Waals surface area (Å²) >= 11 is 1.45. The van der Waals surface area contributed by atoms with Crippen LogP contribution in [0.4, 0.5) is 15.8 Å². The number of anilines is 2. The summed E-state index contributed by atoms with van der Waals surface area (Å²) in [6, 6.07) is 15.3. The zero-order valence-corrected chi connectivity index (χ0v) is 21.0. The average Bonchev–Trinajstić information content (AvgIpc) is 3.37. The molecule has 8 heteroatoms. The summed E-state index contributed by atoms with van der Waals surface area (Å²) in [7, 11) is 0. The van der Waals surface area contributed by atoms with Gasteiger partial charge in [-0.25, -0.2) is 4.39 Å². The van der Waals surface area contributed by atoms with Gasteiger partial charge in [-0.2, -0.15) is 0 Å². The molecular weight excluding hydrogens is 477 g/mol. The van der Waals surface area contributed by atoms with Crippen molar-refractivity contribution >= 4 is 40.4 Å². The van der Waals surface area contributed by atoms with Crippen LogP contribution in [0.5, 0.6) is 0 Å². The summed E-state index contributed by atoms with van der Waals surface area (Å²) in [5.41, 5.74) is 1.14. The van der Waals surface area contributed by atoms with E-state index in [-0.39, 0.29) is 29.8 Å². The molecule has 1 heterocycles. The van der Waals surface area contributed by atoms with Crippen LogP contribution in [0.25, 0.3) is 0 Å². The third-order valence-electron chi connectivity index (χ3n) is 6.30. The van der Waals surface area contributed by atoms with E-state index in [1.165, 1.54) is 29.2 Å². The Morgan fingerprint density at radius 1 is 1.00 bits per heavy atom. The van der Waals surface area contributed by atoms with E-state index in [9.17, 15) is 14.4 Å². The predicted molar refractivity (Wildman–Crippen MR) is 140 cm³/mol. The van der Waals surface area contributed by atoms with Crippen molar-refractivity contribution in [1.82, 2.24) is 5.32 Å². The molecule has 0 bridgehead atoms. The van der Waals surface area contributed by atoms with E-state index >= 15 is 4.39 Å². The number of hydrogen-bond acceptors (Lipinski definition) is 4. The lowest BCUT2D eigenvalue weighted by Crippen LogP contribution is -2.48. The van der Waals surface area contributed by atoms with Gasteiger partial charge in [-0.15, -0.1) is 11.3 Å². The van der Waals surface area contributed by atoms with Crippen LogP contribution in [0.2, 0.25) is 0 Å². The van der Waals surface area contributed by atoms with Crippen molar-refractivity contribution in [2.75, 3.05) is 10.2 Å². The van der Waals surface area contributed by atoms with Gasteiger partial charge in [0.15, 0.2) is 0 Å². The number of benzene rings is 2. The highest BCUT2D eigenvalue weighted by molar-refractivity contribution is 7.10. The van der Waals surface area contributed by atoms with Gasteiger partial charge in [-0.05, 0) is 54.6 Å². The Balaban J connectivity index is 1.75. The molecule has 0 aliphatic heterocycles. The molecule has 1 fully saturated rings. The number of nitrogens with zero attached hydrogens (tertiary/aromatic N) is 1. The van der Waals surface area contributed by atoms with Crippen molar-refractivity contribution in [2.24, 2.45) is 0 Å². The second-order valence-electron chi connectivity index (χ2n) is 9.02. The Morgan fingerprint density at radius 2 is 1.72 bits per heavy atom. The smallest absolute Gasteiger partial charge is 0.248 e. The zero-order valence-electron chi connectivity index (χ0n) is 20.2. The first-order valence-corrected chi connectivity index (χ1v) is 13.1. The molecule has 0 spiro atoms. The molecule has 1 saturated carbocycles. The molecule has 0 saturated heterocycles. The van der Waals surface area contributed by atoms with Gasteiger partial charge in [0.2, 0.25) is 17.7 Å². The molecule has 1 atom stereocenters. The normalized spacial score (nSPS) is 14.6. The van der Waals surface area contributed by atoms with Crippen LogP contribution < -0.4 is 15.5 Å².